The zero-order valence-corrected chi connectivity index (χ0v) is 15.9. The van der Waals surface area contributed by atoms with Crippen molar-refractivity contribution < 1.29 is 14.3 Å². The van der Waals surface area contributed by atoms with Gasteiger partial charge in [0.25, 0.3) is 11.8 Å². The predicted octanol–water partition coefficient (Wildman–Crippen LogP) is 3.10. The van der Waals surface area contributed by atoms with Crippen LogP contribution >= 0.6 is 0 Å². The van der Waals surface area contributed by atoms with E-state index in [9.17, 15) is 9.59 Å². The van der Waals surface area contributed by atoms with Gasteiger partial charge in [-0.25, -0.2) is 0 Å². The number of hydrogen-bond acceptors (Lipinski definition) is 3. The molecule has 3 rings (SSSR count). The summed E-state index contributed by atoms with van der Waals surface area (Å²) >= 11 is 0. The SMILES string of the molecule is Cc1cc(C)cc(OCC(=O)N2CCC(NC(=O)c3ccccc3)CC2)c1. The fourth-order valence-electron chi connectivity index (χ4n) is 3.38. The van der Waals surface area contributed by atoms with Crippen molar-refractivity contribution >= 4 is 11.8 Å². The molecule has 2 amide bonds. The van der Waals surface area contributed by atoms with E-state index in [1.165, 1.54) is 0 Å². The van der Waals surface area contributed by atoms with Crippen molar-refractivity contribution in [3.8, 4) is 5.75 Å². The summed E-state index contributed by atoms with van der Waals surface area (Å²) in [7, 11) is 0. The highest BCUT2D eigenvalue weighted by Crippen LogP contribution is 2.17. The zero-order chi connectivity index (χ0) is 19.2. The molecule has 0 saturated carbocycles. The van der Waals surface area contributed by atoms with Crippen LogP contribution in [0.15, 0.2) is 48.5 Å². The maximum Gasteiger partial charge on any atom is 0.260 e. The Hall–Kier alpha value is -2.82. The molecule has 1 N–H and O–H groups in total. The van der Waals surface area contributed by atoms with Gasteiger partial charge >= 0.3 is 0 Å². The lowest BCUT2D eigenvalue weighted by molar-refractivity contribution is -0.134. The molecule has 0 spiro atoms. The minimum absolute atomic E-state index is 0.0120. The first kappa shape index (κ1) is 19.0. The van der Waals surface area contributed by atoms with Gasteiger partial charge < -0.3 is 15.0 Å². The van der Waals surface area contributed by atoms with Gasteiger partial charge in [-0.15, -0.1) is 0 Å². The number of rotatable bonds is 5. The number of amides is 2. The normalized spacial score (nSPS) is 14.7. The third-order valence-electron chi connectivity index (χ3n) is 4.78. The van der Waals surface area contributed by atoms with Gasteiger partial charge in [-0.3, -0.25) is 9.59 Å². The van der Waals surface area contributed by atoms with Gasteiger partial charge in [0.2, 0.25) is 0 Å². The van der Waals surface area contributed by atoms with Gasteiger partial charge in [0.15, 0.2) is 6.61 Å². The van der Waals surface area contributed by atoms with E-state index in [0.717, 1.165) is 29.7 Å². The molecule has 0 bridgehead atoms. The molecule has 1 fully saturated rings. The third-order valence-corrected chi connectivity index (χ3v) is 4.78. The Balaban J connectivity index is 1.44. The predicted molar refractivity (Wildman–Crippen MR) is 105 cm³/mol. The Morgan fingerprint density at radius 3 is 2.30 bits per heavy atom. The van der Waals surface area contributed by atoms with E-state index in [2.05, 4.69) is 11.4 Å². The van der Waals surface area contributed by atoms with Crippen LogP contribution in [0.25, 0.3) is 0 Å². The van der Waals surface area contributed by atoms with E-state index in [0.29, 0.717) is 18.7 Å². The number of aryl methyl sites for hydroxylation is 2. The number of benzene rings is 2. The monoisotopic (exact) mass is 366 g/mol. The number of carbonyl (C=O) groups excluding carboxylic acids is 2. The lowest BCUT2D eigenvalue weighted by atomic mass is 10.0. The number of hydrogen-bond donors (Lipinski definition) is 1. The summed E-state index contributed by atoms with van der Waals surface area (Å²) in [6.45, 7) is 5.33. The first-order chi connectivity index (χ1) is 13.0. The Morgan fingerprint density at radius 2 is 1.67 bits per heavy atom. The maximum atomic E-state index is 12.4. The van der Waals surface area contributed by atoms with Crippen molar-refractivity contribution in [1.29, 1.82) is 0 Å². The van der Waals surface area contributed by atoms with Crippen LogP contribution in [-0.2, 0) is 4.79 Å². The minimum Gasteiger partial charge on any atom is -0.484 e. The molecule has 2 aromatic carbocycles. The van der Waals surface area contributed by atoms with Crippen LogP contribution in [0, 0.1) is 13.8 Å². The van der Waals surface area contributed by atoms with E-state index in [-0.39, 0.29) is 24.5 Å². The van der Waals surface area contributed by atoms with Crippen LogP contribution in [0.2, 0.25) is 0 Å². The summed E-state index contributed by atoms with van der Waals surface area (Å²) in [5.74, 6) is 0.659. The maximum absolute atomic E-state index is 12.4. The van der Waals surface area contributed by atoms with Crippen LogP contribution in [0.5, 0.6) is 5.75 Å². The van der Waals surface area contributed by atoms with Crippen molar-refractivity contribution in [2.45, 2.75) is 32.7 Å². The Kier molecular flexibility index (Phi) is 6.12. The van der Waals surface area contributed by atoms with Crippen molar-refractivity contribution in [1.82, 2.24) is 10.2 Å². The first-order valence-corrected chi connectivity index (χ1v) is 9.36. The first-order valence-electron chi connectivity index (χ1n) is 9.36. The highest BCUT2D eigenvalue weighted by Gasteiger charge is 2.24. The fourth-order valence-corrected chi connectivity index (χ4v) is 3.38. The van der Waals surface area contributed by atoms with Gasteiger partial charge in [-0.1, -0.05) is 24.3 Å². The van der Waals surface area contributed by atoms with Gasteiger partial charge in [-0.05, 0) is 62.1 Å². The quantitative estimate of drug-likeness (QED) is 0.885. The summed E-state index contributed by atoms with van der Waals surface area (Å²) in [5.41, 5.74) is 2.90. The van der Waals surface area contributed by atoms with Crippen LogP contribution < -0.4 is 10.1 Å². The molecular formula is C22H26N2O3. The lowest BCUT2D eigenvalue weighted by Gasteiger charge is -2.32. The van der Waals surface area contributed by atoms with E-state index < -0.39 is 0 Å². The van der Waals surface area contributed by atoms with Crippen molar-refractivity contribution in [2.24, 2.45) is 0 Å². The molecular weight excluding hydrogens is 340 g/mol. The van der Waals surface area contributed by atoms with Crippen LogP contribution in [0.1, 0.15) is 34.3 Å². The van der Waals surface area contributed by atoms with E-state index in [4.69, 9.17) is 4.74 Å². The van der Waals surface area contributed by atoms with Crippen molar-refractivity contribution in [3.63, 3.8) is 0 Å². The fraction of sp³-hybridized carbons (Fsp3) is 0.364. The molecule has 27 heavy (non-hydrogen) atoms. The molecule has 142 valence electrons. The molecule has 1 heterocycles. The largest absolute Gasteiger partial charge is 0.484 e. The summed E-state index contributed by atoms with van der Waals surface area (Å²) < 4.78 is 5.67. The highest BCUT2D eigenvalue weighted by atomic mass is 16.5. The number of piperidine rings is 1. The Labute approximate surface area is 160 Å². The molecule has 0 aromatic heterocycles. The molecule has 1 saturated heterocycles. The van der Waals surface area contributed by atoms with Gasteiger partial charge in [0, 0.05) is 24.7 Å². The number of carbonyl (C=O) groups is 2. The molecule has 1 aliphatic heterocycles. The number of likely N-dealkylation sites (tertiary alicyclic amines) is 1. The topological polar surface area (TPSA) is 58.6 Å². The second kappa shape index (κ2) is 8.71. The van der Waals surface area contributed by atoms with Crippen LogP contribution in [0.4, 0.5) is 0 Å². The standard InChI is InChI=1S/C22H26N2O3/c1-16-12-17(2)14-20(13-16)27-15-21(25)24-10-8-19(9-11-24)23-22(26)18-6-4-3-5-7-18/h3-7,12-14,19H,8-11,15H2,1-2H3,(H,23,26). The summed E-state index contributed by atoms with van der Waals surface area (Å²) in [4.78, 5) is 26.4. The van der Waals surface area contributed by atoms with E-state index in [1.807, 2.05) is 49.1 Å². The van der Waals surface area contributed by atoms with E-state index >= 15 is 0 Å². The lowest BCUT2D eigenvalue weighted by Crippen LogP contribution is -2.47. The van der Waals surface area contributed by atoms with Gasteiger partial charge in [0.1, 0.15) is 5.75 Å². The molecule has 0 aliphatic carbocycles. The zero-order valence-electron chi connectivity index (χ0n) is 15.9. The summed E-state index contributed by atoms with van der Waals surface area (Å²) in [6, 6.07) is 15.2. The average Bonchev–Trinajstić information content (AvgIpc) is 2.66. The van der Waals surface area contributed by atoms with Gasteiger partial charge in [-0.2, -0.15) is 0 Å². The van der Waals surface area contributed by atoms with Crippen molar-refractivity contribution in [3.05, 3.63) is 65.2 Å². The minimum atomic E-state index is -0.0569. The van der Waals surface area contributed by atoms with Crippen LogP contribution in [-0.4, -0.2) is 42.5 Å². The molecule has 5 heteroatoms. The van der Waals surface area contributed by atoms with Crippen LogP contribution in [0.3, 0.4) is 0 Å². The summed E-state index contributed by atoms with van der Waals surface area (Å²) in [5, 5.41) is 3.06. The molecule has 0 atom stereocenters. The molecule has 0 radical (unpaired) electrons. The molecule has 0 unspecified atom stereocenters. The third kappa shape index (κ3) is 5.33. The molecule has 2 aromatic rings. The summed E-state index contributed by atoms with van der Waals surface area (Å²) in [6.07, 6.45) is 1.52. The average molecular weight is 366 g/mol. The smallest absolute Gasteiger partial charge is 0.260 e. The number of nitrogens with one attached hydrogen (secondary N) is 1. The van der Waals surface area contributed by atoms with Crippen molar-refractivity contribution in [2.75, 3.05) is 19.7 Å². The molecule has 1 aliphatic rings. The number of ether oxygens (including phenoxy) is 1. The van der Waals surface area contributed by atoms with Gasteiger partial charge in [0.05, 0.1) is 0 Å². The second-order valence-corrected chi connectivity index (χ2v) is 7.11. The Bertz CT molecular complexity index is 776. The Morgan fingerprint density at radius 1 is 1.04 bits per heavy atom. The van der Waals surface area contributed by atoms with E-state index in [1.54, 1.807) is 12.1 Å². The molecule has 5 nitrogen and oxygen atoms in total. The highest BCUT2D eigenvalue weighted by molar-refractivity contribution is 5.94. The second-order valence-electron chi connectivity index (χ2n) is 7.11. The number of nitrogens with zero attached hydrogens (tertiary/aromatic N) is 1.